The number of anilines is 1. The Morgan fingerprint density at radius 2 is 2.35 bits per heavy atom. The van der Waals surface area contributed by atoms with E-state index in [-0.39, 0.29) is 5.82 Å². The number of likely N-dealkylation sites (tertiary alicyclic amines) is 1. The topological polar surface area (TPSA) is 15.3 Å². The molecule has 0 bridgehead atoms. The van der Waals surface area contributed by atoms with E-state index in [9.17, 15) is 4.39 Å². The molecule has 1 fully saturated rings. The summed E-state index contributed by atoms with van der Waals surface area (Å²) in [5.74, 6) is 0.325. The first kappa shape index (κ1) is 12.7. The van der Waals surface area contributed by atoms with Gasteiger partial charge >= 0.3 is 0 Å². The maximum atomic E-state index is 13.5. The molecule has 1 saturated heterocycles. The zero-order valence-electron chi connectivity index (χ0n) is 10.0. The largest absolute Gasteiger partial charge is 0.382 e. The maximum absolute atomic E-state index is 13.5. The van der Waals surface area contributed by atoms with Gasteiger partial charge in [-0.05, 0) is 50.6 Å². The number of halogens is 2. The van der Waals surface area contributed by atoms with E-state index >= 15 is 0 Å². The highest BCUT2D eigenvalue weighted by Gasteiger charge is 2.17. The van der Waals surface area contributed by atoms with Crippen molar-refractivity contribution < 1.29 is 4.39 Å². The van der Waals surface area contributed by atoms with Gasteiger partial charge < -0.3 is 10.2 Å². The van der Waals surface area contributed by atoms with Crippen LogP contribution < -0.4 is 5.32 Å². The molecular weight excluding hydrogens is 239 g/mol. The Morgan fingerprint density at radius 3 is 3.06 bits per heavy atom. The molecule has 1 atom stereocenters. The fraction of sp³-hybridized carbons (Fsp3) is 0.538. The third-order valence-corrected chi connectivity index (χ3v) is 3.47. The first-order valence-corrected chi connectivity index (χ1v) is 6.40. The molecule has 0 radical (unpaired) electrons. The Labute approximate surface area is 107 Å². The van der Waals surface area contributed by atoms with Gasteiger partial charge in [0.15, 0.2) is 0 Å². The van der Waals surface area contributed by atoms with Gasteiger partial charge in [-0.1, -0.05) is 11.6 Å². The zero-order valence-corrected chi connectivity index (χ0v) is 10.8. The lowest BCUT2D eigenvalue weighted by atomic mass is 9.98. The van der Waals surface area contributed by atoms with Crippen LogP contribution in [0.15, 0.2) is 18.2 Å². The highest BCUT2D eigenvalue weighted by atomic mass is 35.5. The number of rotatable bonds is 3. The molecule has 1 aliphatic rings. The number of nitrogens with one attached hydrogen (secondary N) is 1. The Hall–Kier alpha value is -0.800. The lowest BCUT2D eigenvalue weighted by molar-refractivity contribution is 0.217. The molecule has 1 aromatic carbocycles. The lowest BCUT2D eigenvalue weighted by Crippen LogP contribution is -2.35. The molecule has 1 N–H and O–H groups in total. The first-order chi connectivity index (χ1) is 8.15. The zero-order chi connectivity index (χ0) is 12.3. The van der Waals surface area contributed by atoms with Crippen molar-refractivity contribution in [1.82, 2.24) is 4.90 Å². The van der Waals surface area contributed by atoms with Crippen LogP contribution in [0.25, 0.3) is 0 Å². The summed E-state index contributed by atoms with van der Waals surface area (Å²) in [4.78, 5) is 2.33. The molecule has 0 amide bonds. The third kappa shape index (κ3) is 3.58. The number of hydrogen-bond acceptors (Lipinski definition) is 2. The average molecular weight is 257 g/mol. The molecular formula is C13H18ClFN2. The highest BCUT2D eigenvalue weighted by molar-refractivity contribution is 6.30. The SMILES string of the molecule is CN1CCCC(CNc2ccc(Cl)cc2F)C1. The summed E-state index contributed by atoms with van der Waals surface area (Å²) in [6.07, 6.45) is 2.44. The summed E-state index contributed by atoms with van der Waals surface area (Å²) < 4.78 is 13.5. The molecule has 2 rings (SSSR count). The highest BCUT2D eigenvalue weighted by Crippen LogP contribution is 2.21. The van der Waals surface area contributed by atoms with E-state index in [1.165, 1.54) is 25.5 Å². The van der Waals surface area contributed by atoms with Crippen LogP contribution in [0.5, 0.6) is 0 Å². The van der Waals surface area contributed by atoms with Crippen molar-refractivity contribution in [1.29, 1.82) is 0 Å². The second kappa shape index (κ2) is 5.69. The molecule has 0 saturated carbocycles. The van der Waals surface area contributed by atoms with Gasteiger partial charge in [0.05, 0.1) is 5.69 Å². The van der Waals surface area contributed by atoms with Crippen LogP contribution in [0.1, 0.15) is 12.8 Å². The van der Waals surface area contributed by atoms with Crippen molar-refractivity contribution >= 4 is 17.3 Å². The monoisotopic (exact) mass is 256 g/mol. The van der Waals surface area contributed by atoms with E-state index < -0.39 is 0 Å². The van der Waals surface area contributed by atoms with E-state index in [0.29, 0.717) is 16.6 Å². The minimum atomic E-state index is -0.276. The summed E-state index contributed by atoms with van der Waals surface area (Å²) in [7, 11) is 2.13. The van der Waals surface area contributed by atoms with Crippen molar-refractivity contribution in [3.05, 3.63) is 29.0 Å². The summed E-state index contributed by atoms with van der Waals surface area (Å²) in [6, 6.07) is 4.75. The molecule has 0 spiro atoms. The van der Waals surface area contributed by atoms with Crippen molar-refractivity contribution in [2.45, 2.75) is 12.8 Å². The standard InChI is InChI=1S/C13H18ClFN2/c1-17-6-2-3-10(9-17)8-16-13-5-4-11(14)7-12(13)15/h4-5,7,10,16H,2-3,6,8-9H2,1H3. The number of hydrogen-bond donors (Lipinski definition) is 1. The van der Waals surface area contributed by atoms with Crippen LogP contribution in [0.4, 0.5) is 10.1 Å². The van der Waals surface area contributed by atoms with E-state index in [2.05, 4.69) is 17.3 Å². The van der Waals surface area contributed by atoms with Gasteiger partial charge in [0.2, 0.25) is 0 Å². The van der Waals surface area contributed by atoms with Gasteiger partial charge in [-0.2, -0.15) is 0 Å². The van der Waals surface area contributed by atoms with Crippen LogP contribution in [-0.2, 0) is 0 Å². The van der Waals surface area contributed by atoms with Crippen LogP contribution in [0, 0.1) is 11.7 Å². The maximum Gasteiger partial charge on any atom is 0.147 e. The third-order valence-electron chi connectivity index (χ3n) is 3.23. The van der Waals surface area contributed by atoms with Crippen molar-refractivity contribution in [3.8, 4) is 0 Å². The quantitative estimate of drug-likeness (QED) is 0.893. The van der Waals surface area contributed by atoms with Gasteiger partial charge in [0.25, 0.3) is 0 Å². The lowest BCUT2D eigenvalue weighted by Gasteiger charge is -2.30. The predicted molar refractivity (Wildman–Crippen MR) is 70.1 cm³/mol. The summed E-state index contributed by atoms with van der Waals surface area (Å²) in [5.41, 5.74) is 0.544. The minimum absolute atomic E-state index is 0.276. The molecule has 1 heterocycles. The number of benzene rings is 1. The molecule has 1 aliphatic heterocycles. The van der Waals surface area contributed by atoms with Gasteiger partial charge in [-0.25, -0.2) is 4.39 Å². The van der Waals surface area contributed by atoms with Crippen LogP contribution in [-0.4, -0.2) is 31.6 Å². The van der Waals surface area contributed by atoms with E-state index in [0.717, 1.165) is 13.1 Å². The van der Waals surface area contributed by atoms with E-state index in [1.54, 1.807) is 12.1 Å². The molecule has 1 unspecified atom stereocenters. The summed E-state index contributed by atoms with van der Waals surface area (Å²) >= 11 is 5.71. The van der Waals surface area contributed by atoms with Gasteiger partial charge in [0, 0.05) is 18.1 Å². The Kier molecular flexibility index (Phi) is 4.24. The van der Waals surface area contributed by atoms with Crippen LogP contribution in [0.3, 0.4) is 0 Å². The Morgan fingerprint density at radius 1 is 1.53 bits per heavy atom. The number of nitrogens with zero attached hydrogens (tertiary/aromatic N) is 1. The summed E-state index contributed by atoms with van der Waals surface area (Å²) in [5, 5.41) is 3.61. The second-order valence-corrected chi connectivity index (χ2v) is 5.21. The minimum Gasteiger partial charge on any atom is -0.382 e. The van der Waals surface area contributed by atoms with Crippen molar-refractivity contribution in [3.63, 3.8) is 0 Å². The molecule has 1 aromatic rings. The second-order valence-electron chi connectivity index (χ2n) is 4.78. The molecule has 0 aliphatic carbocycles. The molecule has 17 heavy (non-hydrogen) atoms. The van der Waals surface area contributed by atoms with Crippen LogP contribution in [0.2, 0.25) is 5.02 Å². The smallest absolute Gasteiger partial charge is 0.147 e. The molecule has 94 valence electrons. The summed E-state index contributed by atoms with van der Waals surface area (Å²) in [6.45, 7) is 3.08. The van der Waals surface area contributed by atoms with Gasteiger partial charge in [-0.15, -0.1) is 0 Å². The van der Waals surface area contributed by atoms with Crippen molar-refractivity contribution in [2.24, 2.45) is 5.92 Å². The van der Waals surface area contributed by atoms with E-state index in [4.69, 9.17) is 11.6 Å². The predicted octanol–water partition coefficient (Wildman–Crippen LogP) is 3.23. The van der Waals surface area contributed by atoms with Crippen LogP contribution >= 0.6 is 11.6 Å². The first-order valence-electron chi connectivity index (χ1n) is 6.02. The molecule has 0 aromatic heterocycles. The fourth-order valence-corrected chi connectivity index (χ4v) is 2.49. The van der Waals surface area contributed by atoms with Gasteiger partial charge in [-0.3, -0.25) is 0 Å². The average Bonchev–Trinajstić information content (AvgIpc) is 2.28. The van der Waals surface area contributed by atoms with Gasteiger partial charge in [0.1, 0.15) is 5.82 Å². The molecule has 4 heteroatoms. The van der Waals surface area contributed by atoms with Crippen molar-refractivity contribution in [2.75, 3.05) is 32.0 Å². The number of piperidine rings is 1. The Bertz CT molecular complexity index is 384. The normalized spacial score (nSPS) is 21.5. The van der Waals surface area contributed by atoms with E-state index in [1.807, 2.05) is 0 Å². The Balaban J connectivity index is 1.88. The molecule has 2 nitrogen and oxygen atoms in total. The fourth-order valence-electron chi connectivity index (χ4n) is 2.33.